The number of amides is 1. The lowest BCUT2D eigenvalue weighted by atomic mass is 10.2. The third-order valence-corrected chi connectivity index (χ3v) is 3.66. The fourth-order valence-electron chi connectivity index (χ4n) is 1.97. The summed E-state index contributed by atoms with van der Waals surface area (Å²) >= 11 is 11.8. The lowest BCUT2D eigenvalue weighted by molar-refractivity contribution is 0.102. The average Bonchev–Trinajstić information content (AvgIpc) is 2.94. The number of nitrogens with zero attached hydrogens (tertiary/aromatic N) is 4. The van der Waals surface area contributed by atoms with Gasteiger partial charge in [-0.3, -0.25) is 9.36 Å². The number of aromatic nitrogens is 4. The van der Waals surface area contributed by atoms with E-state index < -0.39 is 0 Å². The van der Waals surface area contributed by atoms with Gasteiger partial charge in [0.2, 0.25) is 5.95 Å². The highest BCUT2D eigenvalue weighted by molar-refractivity contribution is 6.37. The van der Waals surface area contributed by atoms with Gasteiger partial charge in [-0.05, 0) is 25.1 Å². The highest BCUT2D eigenvalue weighted by Gasteiger charge is 2.12. The Kier molecular flexibility index (Phi) is 4.27. The SMILES string of the molecule is Cc1nccn1-c1ncc(NC(=O)c2ccc(Cl)cc2Cl)cn1. The Morgan fingerprint density at radius 3 is 2.52 bits per heavy atom. The molecule has 1 aromatic carbocycles. The highest BCUT2D eigenvalue weighted by atomic mass is 35.5. The summed E-state index contributed by atoms with van der Waals surface area (Å²) in [5, 5.41) is 3.44. The van der Waals surface area contributed by atoms with Crippen LogP contribution in [0.5, 0.6) is 0 Å². The van der Waals surface area contributed by atoms with Gasteiger partial charge < -0.3 is 5.32 Å². The van der Waals surface area contributed by atoms with E-state index in [2.05, 4.69) is 20.3 Å². The molecule has 0 unspecified atom stereocenters. The number of hydrogen-bond acceptors (Lipinski definition) is 4. The molecule has 0 radical (unpaired) electrons. The van der Waals surface area contributed by atoms with E-state index in [1.807, 2.05) is 6.92 Å². The van der Waals surface area contributed by atoms with E-state index in [-0.39, 0.29) is 10.9 Å². The van der Waals surface area contributed by atoms with Crippen LogP contribution in [0.1, 0.15) is 16.2 Å². The number of imidazole rings is 1. The molecule has 1 amide bonds. The average molecular weight is 348 g/mol. The van der Waals surface area contributed by atoms with E-state index in [1.165, 1.54) is 18.5 Å². The molecule has 116 valence electrons. The molecule has 2 aromatic heterocycles. The van der Waals surface area contributed by atoms with Crippen molar-refractivity contribution in [2.24, 2.45) is 0 Å². The molecule has 2 heterocycles. The van der Waals surface area contributed by atoms with Crippen LogP contribution in [0.15, 0.2) is 43.0 Å². The zero-order valence-corrected chi connectivity index (χ0v) is 13.5. The second-order valence-electron chi connectivity index (χ2n) is 4.69. The van der Waals surface area contributed by atoms with E-state index in [0.29, 0.717) is 22.2 Å². The van der Waals surface area contributed by atoms with E-state index in [9.17, 15) is 4.79 Å². The van der Waals surface area contributed by atoms with Gasteiger partial charge in [0.05, 0.1) is 28.7 Å². The maximum Gasteiger partial charge on any atom is 0.257 e. The molecule has 3 aromatic rings. The first-order chi connectivity index (χ1) is 11.0. The standard InChI is InChI=1S/C15H11Cl2N5O/c1-9-18-4-5-22(9)15-19-7-11(8-20-15)21-14(23)12-3-2-10(16)6-13(12)17/h2-8H,1H3,(H,21,23). The summed E-state index contributed by atoms with van der Waals surface area (Å²) < 4.78 is 1.74. The van der Waals surface area contributed by atoms with Gasteiger partial charge in [-0.25, -0.2) is 15.0 Å². The van der Waals surface area contributed by atoms with Crippen LogP contribution in [-0.2, 0) is 0 Å². The maximum absolute atomic E-state index is 12.2. The van der Waals surface area contributed by atoms with Crippen molar-refractivity contribution in [1.29, 1.82) is 0 Å². The fraction of sp³-hybridized carbons (Fsp3) is 0.0667. The molecule has 0 aliphatic carbocycles. The zero-order chi connectivity index (χ0) is 16.4. The van der Waals surface area contributed by atoms with Gasteiger partial charge in [0, 0.05) is 17.4 Å². The van der Waals surface area contributed by atoms with E-state index in [4.69, 9.17) is 23.2 Å². The predicted molar refractivity (Wildman–Crippen MR) is 88.3 cm³/mol. The van der Waals surface area contributed by atoms with Crippen LogP contribution in [0, 0.1) is 6.92 Å². The molecule has 0 aliphatic rings. The number of benzene rings is 1. The predicted octanol–water partition coefficient (Wildman–Crippen LogP) is 3.53. The third kappa shape index (κ3) is 3.33. The Labute approximate surface area is 142 Å². The first-order valence-corrected chi connectivity index (χ1v) is 7.39. The van der Waals surface area contributed by atoms with E-state index in [1.54, 1.807) is 29.1 Å². The minimum atomic E-state index is -0.359. The highest BCUT2D eigenvalue weighted by Crippen LogP contribution is 2.22. The van der Waals surface area contributed by atoms with Crippen LogP contribution < -0.4 is 5.32 Å². The molecular formula is C15H11Cl2N5O. The van der Waals surface area contributed by atoms with Gasteiger partial charge in [-0.2, -0.15) is 0 Å². The lowest BCUT2D eigenvalue weighted by Crippen LogP contribution is -2.13. The van der Waals surface area contributed by atoms with Crippen LogP contribution in [0.3, 0.4) is 0 Å². The van der Waals surface area contributed by atoms with Gasteiger partial charge in [-0.15, -0.1) is 0 Å². The van der Waals surface area contributed by atoms with E-state index in [0.717, 1.165) is 5.82 Å². The lowest BCUT2D eigenvalue weighted by Gasteiger charge is -2.08. The zero-order valence-electron chi connectivity index (χ0n) is 12.0. The van der Waals surface area contributed by atoms with Gasteiger partial charge in [0.25, 0.3) is 5.91 Å². The number of carbonyl (C=O) groups excluding carboxylic acids is 1. The smallest absolute Gasteiger partial charge is 0.257 e. The van der Waals surface area contributed by atoms with Crippen molar-refractivity contribution in [3.63, 3.8) is 0 Å². The topological polar surface area (TPSA) is 72.7 Å². The van der Waals surface area contributed by atoms with Crippen molar-refractivity contribution in [3.8, 4) is 5.95 Å². The van der Waals surface area contributed by atoms with Crippen molar-refractivity contribution < 1.29 is 4.79 Å². The minimum absolute atomic E-state index is 0.279. The number of carbonyl (C=O) groups is 1. The largest absolute Gasteiger partial charge is 0.319 e. The maximum atomic E-state index is 12.2. The van der Waals surface area contributed by atoms with Gasteiger partial charge in [-0.1, -0.05) is 23.2 Å². The summed E-state index contributed by atoms with van der Waals surface area (Å²) in [7, 11) is 0. The number of aryl methyl sites for hydroxylation is 1. The second-order valence-corrected chi connectivity index (χ2v) is 5.54. The van der Waals surface area contributed by atoms with Crippen molar-refractivity contribution in [3.05, 3.63) is 64.4 Å². The van der Waals surface area contributed by atoms with Gasteiger partial charge in [0.15, 0.2) is 0 Å². The number of hydrogen-bond donors (Lipinski definition) is 1. The Balaban J connectivity index is 1.78. The Bertz CT molecular complexity index is 861. The summed E-state index contributed by atoms with van der Waals surface area (Å²) in [4.78, 5) is 24.7. The summed E-state index contributed by atoms with van der Waals surface area (Å²) in [6.45, 7) is 1.85. The number of rotatable bonds is 3. The molecule has 0 fully saturated rings. The van der Waals surface area contributed by atoms with Crippen molar-refractivity contribution in [2.45, 2.75) is 6.92 Å². The normalized spacial score (nSPS) is 10.6. The fourth-order valence-corrected chi connectivity index (χ4v) is 2.47. The van der Waals surface area contributed by atoms with Crippen LogP contribution in [0.2, 0.25) is 10.0 Å². The third-order valence-electron chi connectivity index (χ3n) is 3.11. The van der Waals surface area contributed by atoms with Crippen LogP contribution >= 0.6 is 23.2 Å². The summed E-state index contributed by atoms with van der Waals surface area (Å²) in [5.74, 6) is 0.888. The Morgan fingerprint density at radius 2 is 1.91 bits per heavy atom. The Hall–Kier alpha value is -2.44. The minimum Gasteiger partial charge on any atom is -0.319 e. The van der Waals surface area contributed by atoms with Crippen LogP contribution in [0.4, 0.5) is 5.69 Å². The summed E-state index contributed by atoms with van der Waals surface area (Å²) in [6.07, 6.45) is 6.46. The molecule has 0 aliphatic heterocycles. The molecule has 0 bridgehead atoms. The van der Waals surface area contributed by atoms with Gasteiger partial charge >= 0.3 is 0 Å². The van der Waals surface area contributed by atoms with Gasteiger partial charge in [0.1, 0.15) is 5.82 Å². The first-order valence-electron chi connectivity index (χ1n) is 6.63. The number of halogens is 2. The molecule has 6 nitrogen and oxygen atoms in total. The van der Waals surface area contributed by atoms with Crippen molar-refractivity contribution in [2.75, 3.05) is 5.32 Å². The quantitative estimate of drug-likeness (QED) is 0.786. The molecule has 23 heavy (non-hydrogen) atoms. The molecule has 8 heteroatoms. The molecule has 0 saturated heterocycles. The van der Waals surface area contributed by atoms with Crippen molar-refractivity contribution in [1.82, 2.24) is 19.5 Å². The van der Waals surface area contributed by atoms with Crippen molar-refractivity contribution >= 4 is 34.8 Å². The molecule has 0 spiro atoms. The molecule has 0 atom stereocenters. The number of anilines is 1. The second kappa shape index (κ2) is 6.36. The molecule has 0 saturated carbocycles. The summed E-state index contributed by atoms with van der Waals surface area (Å²) in [6, 6.07) is 4.67. The monoisotopic (exact) mass is 347 g/mol. The molecular weight excluding hydrogens is 337 g/mol. The van der Waals surface area contributed by atoms with Crippen LogP contribution in [-0.4, -0.2) is 25.4 Å². The Morgan fingerprint density at radius 1 is 1.17 bits per heavy atom. The number of nitrogens with one attached hydrogen (secondary N) is 1. The van der Waals surface area contributed by atoms with E-state index >= 15 is 0 Å². The summed E-state index contributed by atoms with van der Waals surface area (Å²) in [5.41, 5.74) is 0.785. The molecule has 1 N–H and O–H groups in total. The molecule has 3 rings (SSSR count). The van der Waals surface area contributed by atoms with Crippen LogP contribution in [0.25, 0.3) is 5.95 Å². The first kappa shape index (κ1) is 15.5.